The lowest BCUT2D eigenvalue weighted by Crippen LogP contribution is -2.14. The highest BCUT2D eigenvalue weighted by Crippen LogP contribution is 2.17. The molecule has 4 aromatic rings. The number of fused-ring (bicyclic) bond motifs is 1. The zero-order chi connectivity index (χ0) is 18.6. The Hall–Kier alpha value is -3.40. The molecule has 2 aromatic heterocycles. The quantitative estimate of drug-likeness (QED) is 0.436. The highest BCUT2D eigenvalue weighted by molar-refractivity contribution is 7.99. The summed E-state index contributed by atoms with van der Waals surface area (Å²) in [6.07, 6.45) is 0. The molecule has 0 bridgehead atoms. The van der Waals surface area contributed by atoms with E-state index >= 15 is 0 Å². The van der Waals surface area contributed by atoms with E-state index in [9.17, 15) is 9.59 Å². The molecule has 0 unspecified atom stereocenters. The fraction of sp³-hybridized carbons (Fsp3) is 0.118. The summed E-state index contributed by atoms with van der Waals surface area (Å²) in [5.74, 6) is -0.0249. The van der Waals surface area contributed by atoms with E-state index in [4.69, 9.17) is 0 Å². The second kappa shape index (κ2) is 7.46. The van der Waals surface area contributed by atoms with Crippen molar-refractivity contribution in [1.29, 1.82) is 0 Å². The van der Waals surface area contributed by atoms with Crippen LogP contribution in [0.5, 0.6) is 0 Å². The summed E-state index contributed by atoms with van der Waals surface area (Å²) < 4.78 is 1.66. The third-order valence-corrected chi connectivity index (χ3v) is 4.76. The van der Waals surface area contributed by atoms with Gasteiger partial charge in [-0.25, -0.2) is 9.48 Å². The molecule has 0 radical (unpaired) electrons. The number of nitrogens with zero attached hydrogens (tertiary/aromatic N) is 4. The van der Waals surface area contributed by atoms with Gasteiger partial charge in [-0.15, -0.1) is 5.10 Å². The molecule has 3 N–H and O–H groups in total. The Morgan fingerprint density at radius 3 is 2.78 bits per heavy atom. The number of imidazole rings is 1. The molecule has 9 nitrogen and oxygen atoms in total. The third kappa shape index (κ3) is 4.06. The number of anilines is 1. The van der Waals surface area contributed by atoms with Gasteiger partial charge in [-0.1, -0.05) is 42.1 Å². The van der Waals surface area contributed by atoms with Crippen LogP contribution < -0.4 is 11.0 Å². The summed E-state index contributed by atoms with van der Waals surface area (Å²) in [6, 6.07) is 15.0. The molecular weight excluding hydrogens is 366 g/mol. The lowest BCUT2D eigenvalue weighted by atomic mass is 10.2. The number of benzene rings is 2. The Labute approximate surface area is 157 Å². The van der Waals surface area contributed by atoms with Gasteiger partial charge in [0.05, 0.1) is 23.3 Å². The molecule has 0 spiro atoms. The minimum Gasteiger partial charge on any atom is -0.325 e. The minimum absolute atomic E-state index is 0.164. The molecule has 0 aliphatic heterocycles. The van der Waals surface area contributed by atoms with E-state index in [1.54, 1.807) is 22.9 Å². The van der Waals surface area contributed by atoms with Crippen LogP contribution in [0, 0.1) is 0 Å². The molecule has 0 atom stereocenters. The van der Waals surface area contributed by atoms with E-state index in [-0.39, 0.29) is 17.3 Å². The highest BCUT2D eigenvalue weighted by Gasteiger charge is 2.11. The largest absolute Gasteiger partial charge is 0.325 e. The fourth-order valence-electron chi connectivity index (χ4n) is 2.59. The number of tetrazole rings is 1. The Bertz CT molecular complexity index is 1130. The maximum Gasteiger partial charge on any atom is 0.323 e. The molecule has 0 fully saturated rings. The van der Waals surface area contributed by atoms with Crippen molar-refractivity contribution >= 4 is 34.4 Å². The number of amides is 1. The third-order valence-electron chi connectivity index (χ3n) is 3.81. The molecule has 0 aliphatic carbocycles. The van der Waals surface area contributed by atoms with Gasteiger partial charge in [0.2, 0.25) is 11.1 Å². The van der Waals surface area contributed by atoms with E-state index in [1.807, 2.05) is 30.3 Å². The second-order valence-electron chi connectivity index (χ2n) is 5.78. The SMILES string of the molecule is O=C(CSc1nnnn1Cc1ccccc1)Nc1ccc2[nH]c(=O)[nH]c2c1. The number of carbonyl (C=O) groups excluding carboxylic acids is 1. The van der Waals surface area contributed by atoms with Gasteiger partial charge >= 0.3 is 5.69 Å². The van der Waals surface area contributed by atoms with Crippen molar-refractivity contribution in [2.75, 3.05) is 11.1 Å². The van der Waals surface area contributed by atoms with E-state index in [0.717, 1.165) is 5.56 Å². The topological polar surface area (TPSA) is 121 Å². The van der Waals surface area contributed by atoms with Crippen LogP contribution in [-0.2, 0) is 11.3 Å². The zero-order valence-corrected chi connectivity index (χ0v) is 14.9. The van der Waals surface area contributed by atoms with Crippen molar-refractivity contribution in [3.05, 3.63) is 64.6 Å². The predicted molar refractivity (Wildman–Crippen MR) is 102 cm³/mol. The van der Waals surface area contributed by atoms with Crippen molar-refractivity contribution in [1.82, 2.24) is 30.2 Å². The van der Waals surface area contributed by atoms with Gasteiger partial charge in [-0.3, -0.25) is 4.79 Å². The molecule has 27 heavy (non-hydrogen) atoms. The monoisotopic (exact) mass is 381 g/mol. The first-order valence-corrected chi connectivity index (χ1v) is 9.11. The van der Waals surface area contributed by atoms with Crippen LogP contribution in [0.4, 0.5) is 5.69 Å². The number of hydrogen-bond acceptors (Lipinski definition) is 6. The van der Waals surface area contributed by atoms with Gasteiger partial charge < -0.3 is 15.3 Å². The molecule has 0 saturated carbocycles. The standard InChI is InChI=1S/C17H15N7O2S/c25-15(18-12-6-7-13-14(8-12)20-16(26)19-13)10-27-17-21-22-23-24(17)9-11-4-2-1-3-5-11/h1-8H,9-10H2,(H,18,25)(H2,19,20,26). The van der Waals surface area contributed by atoms with Gasteiger partial charge in [0.15, 0.2) is 0 Å². The molecule has 136 valence electrons. The summed E-state index contributed by atoms with van der Waals surface area (Å²) in [4.78, 5) is 28.8. The van der Waals surface area contributed by atoms with Crippen molar-refractivity contribution in [2.24, 2.45) is 0 Å². The van der Waals surface area contributed by atoms with Gasteiger partial charge in [0.1, 0.15) is 0 Å². The lowest BCUT2D eigenvalue weighted by Gasteiger charge is -2.06. The number of nitrogens with one attached hydrogen (secondary N) is 3. The molecule has 0 saturated heterocycles. The van der Waals surface area contributed by atoms with Crippen LogP contribution in [-0.4, -0.2) is 41.8 Å². The number of H-pyrrole nitrogens is 2. The van der Waals surface area contributed by atoms with Crippen LogP contribution >= 0.6 is 11.8 Å². The fourth-order valence-corrected chi connectivity index (χ4v) is 3.27. The van der Waals surface area contributed by atoms with E-state index in [2.05, 4.69) is 30.8 Å². The van der Waals surface area contributed by atoms with E-state index in [0.29, 0.717) is 28.4 Å². The summed E-state index contributed by atoms with van der Waals surface area (Å²) in [7, 11) is 0. The van der Waals surface area contributed by atoms with E-state index < -0.39 is 0 Å². The smallest absolute Gasteiger partial charge is 0.323 e. The van der Waals surface area contributed by atoms with Crippen molar-refractivity contribution in [3.63, 3.8) is 0 Å². The molecule has 2 heterocycles. The maximum absolute atomic E-state index is 12.2. The number of aromatic nitrogens is 6. The Morgan fingerprint density at radius 2 is 1.93 bits per heavy atom. The van der Waals surface area contributed by atoms with E-state index in [1.165, 1.54) is 11.8 Å². The van der Waals surface area contributed by atoms with Crippen LogP contribution in [0.15, 0.2) is 58.5 Å². The maximum atomic E-state index is 12.2. The number of hydrogen-bond donors (Lipinski definition) is 3. The average molecular weight is 381 g/mol. The number of carbonyl (C=O) groups is 1. The first-order chi connectivity index (χ1) is 13.2. The summed E-state index contributed by atoms with van der Waals surface area (Å²) >= 11 is 1.26. The van der Waals surface area contributed by atoms with Crippen LogP contribution in [0.3, 0.4) is 0 Å². The Morgan fingerprint density at radius 1 is 1.11 bits per heavy atom. The van der Waals surface area contributed by atoms with Gasteiger partial charge in [0.25, 0.3) is 0 Å². The first kappa shape index (κ1) is 17.0. The van der Waals surface area contributed by atoms with Crippen LogP contribution in [0.2, 0.25) is 0 Å². The molecule has 4 rings (SSSR count). The summed E-state index contributed by atoms with van der Waals surface area (Å²) in [5, 5.41) is 15.0. The predicted octanol–water partition coefficient (Wildman–Crippen LogP) is 1.62. The van der Waals surface area contributed by atoms with Crippen molar-refractivity contribution in [2.45, 2.75) is 11.7 Å². The average Bonchev–Trinajstić information content (AvgIpc) is 3.25. The molecule has 2 aromatic carbocycles. The number of aromatic amines is 2. The minimum atomic E-state index is -0.283. The van der Waals surface area contributed by atoms with Crippen LogP contribution in [0.1, 0.15) is 5.56 Å². The second-order valence-corrected chi connectivity index (χ2v) is 6.72. The van der Waals surface area contributed by atoms with Gasteiger partial charge in [-0.2, -0.15) is 0 Å². The lowest BCUT2D eigenvalue weighted by molar-refractivity contribution is -0.113. The number of thioether (sulfide) groups is 1. The summed E-state index contributed by atoms with van der Waals surface area (Å²) in [6.45, 7) is 0.537. The molecule has 0 aliphatic rings. The van der Waals surface area contributed by atoms with Gasteiger partial charge in [-0.05, 0) is 34.2 Å². The molecule has 10 heteroatoms. The molecule has 1 amide bonds. The first-order valence-electron chi connectivity index (χ1n) is 8.12. The van der Waals surface area contributed by atoms with Crippen molar-refractivity contribution < 1.29 is 4.79 Å². The normalized spacial score (nSPS) is 11.0. The van der Waals surface area contributed by atoms with Gasteiger partial charge in [0, 0.05) is 5.69 Å². The van der Waals surface area contributed by atoms with Crippen molar-refractivity contribution in [3.8, 4) is 0 Å². The number of rotatable bonds is 6. The highest BCUT2D eigenvalue weighted by atomic mass is 32.2. The molecular formula is C17H15N7O2S. The zero-order valence-electron chi connectivity index (χ0n) is 14.0. The van der Waals surface area contributed by atoms with Crippen LogP contribution in [0.25, 0.3) is 11.0 Å². The Balaban J connectivity index is 1.38. The Kier molecular flexibility index (Phi) is 4.71. The summed E-state index contributed by atoms with van der Waals surface area (Å²) in [5.41, 5.74) is 2.72.